The van der Waals surface area contributed by atoms with E-state index >= 15 is 0 Å². The average molecular weight is 552 g/mol. The summed E-state index contributed by atoms with van der Waals surface area (Å²) in [6.45, 7) is 6.81. The van der Waals surface area contributed by atoms with E-state index in [9.17, 15) is 4.79 Å². The minimum Gasteiger partial charge on any atom is -0.497 e. The summed E-state index contributed by atoms with van der Waals surface area (Å²) in [6.07, 6.45) is 3.18. The Hall–Kier alpha value is -4.73. The second-order valence-electron chi connectivity index (χ2n) is 11.2. The average Bonchev–Trinajstić information content (AvgIpc) is 3.35. The highest BCUT2D eigenvalue weighted by Crippen LogP contribution is 2.31. The zero-order valence-corrected chi connectivity index (χ0v) is 23.7. The molecule has 2 aromatic carbocycles. The Morgan fingerprint density at radius 1 is 1.00 bits per heavy atom. The summed E-state index contributed by atoms with van der Waals surface area (Å²) in [5, 5.41) is 4.50. The number of pyridine rings is 1. The SMILES string of the molecule is COc1ccc2nc(-c3ccc4ccccc4n3)n(-c3ccnc(N[C@H]4CCCN(C(=O)OC(C)(C)C)C4)n3)c2c1. The van der Waals surface area contributed by atoms with Crippen LogP contribution in [0.25, 0.3) is 39.3 Å². The van der Waals surface area contributed by atoms with Crippen LogP contribution >= 0.6 is 0 Å². The molecular formula is C31H33N7O3. The number of carbonyl (C=O) groups is 1. The lowest BCUT2D eigenvalue weighted by Crippen LogP contribution is -2.47. The van der Waals surface area contributed by atoms with E-state index in [4.69, 9.17) is 24.4 Å². The van der Waals surface area contributed by atoms with Gasteiger partial charge in [0, 0.05) is 36.8 Å². The molecule has 0 saturated carbocycles. The number of nitrogens with zero attached hydrogens (tertiary/aromatic N) is 6. The number of amides is 1. The molecule has 1 saturated heterocycles. The van der Waals surface area contributed by atoms with Crippen molar-refractivity contribution in [3.05, 3.63) is 66.9 Å². The van der Waals surface area contributed by atoms with Crippen molar-refractivity contribution < 1.29 is 14.3 Å². The van der Waals surface area contributed by atoms with Crippen LogP contribution in [0, 0.1) is 0 Å². The number of benzene rings is 2. The summed E-state index contributed by atoms with van der Waals surface area (Å²) in [5.41, 5.74) is 2.71. The molecule has 1 aliphatic rings. The largest absolute Gasteiger partial charge is 0.497 e. The summed E-state index contributed by atoms with van der Waals surface area (Å²) >= 11 is 0. The predicted molar refractivity (Wildman–Crippen MR) is 158 cm³/mol. The van der Waals surface area contributed by atoms with Gasteiger partial charge in [0.25, 0.3) is 0 Å². The number of anilines is 1. The van der Waals surface area contributed by atoms with E-state index in [1.807, 2.05) is 86.0 Å². The molecule has 5 aromatic rings. The van der Waals surface area contributed by atoms with Gasteiger partial charge >= 0.3 is 6.09 Å². The molecule has 1 N–H and O–H groups in total. The zero-order chi connectivity index (χ0) is 28.6. The van der Waals surface area contributed by atoms with Gasteiger partial charge in [-0.25, -0.2) is 19.7 Å². The maximum absolute atomic E-state index is 12.7. The summed E-state index contributed by atoms with van der Waals surface area (Å²) in [4.78, 5) is 33.7. The molecule has 1 amide bonds. The first-order valence-electron chi connectivity index (χ1n) is 13.8. The molecule has 210 valence electrons. The second-order valence-corrected chi connectivity index (χ2v) is 11.2. The van der Waals surface area contributed by atoms with Gasteiger partial charge in [-0.05, 0) is 63.9 Å². The third kappa shape index (κ3) is 5.63. The highest BCUT2D eigenvalue weighted by Gasteiger charge is 2.28. The molecule has 6 rings (SSSR count). The van der Waals surface area contributed by atoms with E-state index < -0.39 is 5.60 Å². The fourth-order valence-corrected chi connectivity index (χ4v) is 5.09. The number of aromatic nitrogens is 5. The van der Waals surface area contributed by atoms with E-state index in [0.29, 0.717) is 36.4 Å². The number of para-hydroxylation sites is 1. The number of ether oxygens (including phenoxy) is 2. The molecule has 4 heterocycles. The van der Waals surface area contributed by atoms with Crippen LogP contribution in [0.15, 0.2) is 66.9 Å². The first-order chi connectivity index (χ1) is 19.8. The molecule has 10 heteroatoms. The number of fused-ring (bicyclic) bond motifs is 2. The van der Waals surface area contributed by atoms with Crippen molar-refractivity contribution in [1.82, 2.24) is 29.4 Å². The normalized spacial score (nSPS) is 15.7. The van der Waals surface area contributed by atoms with E-state index in [0.717, 1.165) is 40.5 Å². The number of nitrogens with one attached hydrogen (secondary N) is 1. The summed E-state index contributed by atoms with van der Waals surface area (Å²) in [7, 11) is 1.64. The Morgan fingerprint density at radius 3 is 2.68 bits per heavy atom. The van der Waals surface area contributed by atoms with Crippen LogP contribution in [-0.4, -0.2) is 67.3 Å². The molecule has 0 spiro atoms. The minimum absolute atomic E-state index is 0.00670. The van der Waals surface area contributed by atoms with E-state index in [2.05, 4.69) is 10.3 Å². The maximum Gasteiger partial charge on any atom is 0.410 e. The first kappa shape index (κ1) is 26.5. The molecule has 1 fully saturated rings. The van der Waals surface area contributed by atoms with Gasteiger partial charge in [-0.1, -0.05) is 24.3 Å². The van der Waals surface area contributed by atoms with Gasteiger partial charge in [0.1, 0.15) is 22.9 Å². The number of imidazole rings is 1. The Morgan fingerprint density at radius 2 is 1.85 bits per heavy atom. The summed E-state index contributed by atoms with van der Waals surface area (Å²) in [6, 6.07) is 19.7. The Kier molecular flexibility index (Phi) is 6.90. The zero-order valence-electron chi connectivity index (χ0n) is 23.7. The molecular weight excluding hydrogens is 518 g/mol. The van der Waals surface area contributed by atoms with Crippen LogP contribution < -0.4 is 10.1 Å². The van der Waals surface area contributed by atoms with Crippen LogP contribution in [0.3, 0.4) is 0 Å². The monoisotopic (exact) mass is 551 g/mol. The quantitative estimate of drug-likeness (QED) is 0.290. The third-order valence-electron chi connectivity index (χ3n) is 6.97. The minimum atomic E-state index is -0.539. The number of likely N-dealkylation sites (tertiary alicyclic amines) is 1. The van der Waals surface area contributed by atoms with Gasteiger partial charge in [-0.15, -0.1) is 0 Å². The van der Waals surface area contributed by atoms with Crippen molar-refractivity contribution >= 4 is 34.0 Å². The van der Waals surface area contributed by atoms with Gasteiger partial charge in [-0.3, -0.25) is 4.57 Å². The second kappa shape index (κ2) is 10.7. The van der Waals surface area contributed by atoms with E-state index in [1.54, 1.807) is 18.2 Å². The molecule has 0 aliphatic carbocycles. The lowest BCUT2D eigenvalue weighted by molar-refractivity contribution is 0.0206. The highest BCUT2D eigenvalue weighted by atomic mass is 16.6. The Balaban J connectivity index is 1.35. The molecule has 0 bridgehead atoms. The van der Waals surface area contributed by atoms with Crippen LogP contribution in [0.1, 0.15) is 33.6 Å². The van der Waals surface area contributed by atoms with Crippen LogP contribution in [-0.2, 0) is 4.74 Å². The lowest BCUT2D eigenvalue weighted by Gasteiger charge is -2.34. The number of piperidine rings is 1. The molecule has 3 aromatic heterocycles. The summed E-state index contributed by atoms with van der Waals surface area (Å²) in [5.74, 6) is 2.50. The summed E-state index contributed by atoms with van der Waals surface area (Å²) < 4.78 is 13.1. The van der Waals surface area contributed by atoms with Crippen molar-refractivity contribution in [3.63, 3.8) is 0 Å². The van der Waals surface area contributed by atoms with Gasteiger partial charge in [0.05, 0.1) is 23.7 Å². The van der Waals surface area contributed by atoms with Gasteiger partial charge < -0.3 is 19.7 Å². The smallest absolute Gasteiger partial charge is 0.410 e. The third-order valence-corrected chi connectivity index (χ3v) is 6.97. The fourth-order valence-electron chi connectivity index (χ4n) is 5.09. The van der Waals surface area contributed by atoms with Gasteiger partial charge in [0.15, 0.2) is 5.82 Å². The van der Waals surface area contributed by atoms with Crippen molar-refractivity contribution in [1.29, 1.82) is 0 Å². The molecule has 10 nitrogen and oxygen atoms in total. The lowest BCUT2D eigenvalue weighted by atomic mass is 10.1. The number of methoxy groups -OCH3 is 1. The number of rotatable bonds is 5. The highest BCUT2D eigenvalue weighted by molar-refractivity contribution is 5.86. The maximum atomic E-state index is 12.7. The van der Waals surface area contributed by atoms with E-state index in [1.165, 1.54) is 0 Å². The van der Waals surface area contributed by atoms with Crippen molar-refractivity contribution in [2.45, 2.75) is 45.3 Å². The van der Waals surface area contributed by atoms with E-state index in [-0.39, 0.29) is 12.1 Å². The number of carbonyl (C=O) groups excluding carboxylic acids is 1. The number of hydrogen-bond acceptors (Lipinski definition) is 8. The fraction of sp³-hybridized carbons (Fsp3) is 0.323. The molecule has 0 unspecified atom stereocenters. The molecule has 0 radical (unpaired) electrons. The molecule has 1 atom stereocenters. The van der Waals surface area contributed by atoms with Crippen molar-refractivity contribution in [3.8, 4) is 23.1 Å². The van der Waals surface area contributed by atoms with Crippen molar-refractivity contribution in [2.24, 2.45) is 0 Å². The van der Waals surface area contributed by atoms with Crippen molar-refractivity contribution in [2.75, 3.05) is 25.5 Å². The van der Waals surface area contributed by atoms with Gasteiger partial charge in [-0.2, -0.15) is 4.98 Å². The topological polar surface area (TPSA) is 107 Å². The van der Waals surface area contributed by atoms with Crippen LogP contribution in [0.2, 0.25) is 0 Å². The Bertz CT molecular complexity index is 1730. The molecule has 1 aliphatic heterocycles. The predicted octanol–water partition coefficient (Wildman–Crippen LogP) is 5.85. The standard InChI is InChI=1S/C31H33N7O3/c1-31(2,3)41-30(39)37-17-7-9-21(19-37)33-29-32-16-15-27(36-29)38-26-18-22(40-4)12-14-24(26)35-28(38)25-13-11-20-8-5-6-10-23(20)34-25/h5-6,8,10-16,18,21H,7,9,17,19H2,1-4H3,(H,32,33,36)/t21-/m0/s1. The molecule has 41 heavy (non-hydrogen) atoms. The first-order valence-corrected chi connectivity index (χ1v) is 13.8. The Labute approximate surface area is 238 Å². The van der Waals surface area contributed by atoms with Crippen LogP contribution in [0.4, 0.5) is 10.7 Å². The van der Waals surface area contributed by atoms with Gasteiger partial charge in [0.2, 0.25) is 5.95 Å². The number of hydrogen-bond donors (Lipinski definition) is 1. The van der Waals surface area contributed by atoms with Crippen LogP contribution in [0.5, 0.6) is 5.75 Å².